The molecule has 0 amide bonds. The average Bonchev–Trinajstić information content (AvgIpc) is 2.46. The van der Waals surface area contributed by atoms with Crippen LogP contribution in [0.4, 0.5) is 30.6 Å². The molecule has 0 aliphatic rings. The third kappa shape index (κ3) is 4.47. The first-order valence-corrected chi connectivity index (χ1v) is 6.60. The molecule has 0 unspecified atom stereocenters. The van der Waals surface area contributed by atoms with Gasteiger partial charge in [0.1, 0.15) is 5.82 Å². The molecule has 0 bridgehead atoms. The summed E-state index contributed by atoms with van der Waals surface area (Å²) in [7, 11) is 0. The van der Waals surface area contributed by atoms with E-state index in [2.05, 4.69) is 20.6 Å². The molecule has 2 aromatic rings. The standard InChI is InChI=1S/C13H12ClF3N4O/c14-8-1-3-9(4-2-8)19-11-7-10(13(15,16)17)20-12(21-11)18-5-6-22/h1-4,7,22H,5-6H2,(H2,18,19,20,21). The minimum Gasteiger partial charge on any atom is -0.395 e. The van der Waals surface area contributed by atoms with Crippen LogP contribution < -0.4 is 10.6 Å². The smallest absolute Gasteiger partial charge is 0.395 e. The molecule has 0 fully saturated rings. The van der Waals surface area contributed by atoms with Gasteiger partial charge in [-0.1, -0.05) is 11.6 Å². The second-order valence-corrected chi connectivity index (χ2v) is 4.68. The summed E-state index contributed by atoms with van der Waals surface area (Å²) in [6.45, 7) is -0.207. The van der Waals surface area contributed by atoms with Crippen LogP contribution in [0, 0.1) is 0 Å². The largest absolute Gasteiger partial charge is 0.433 e. The Kier molecular flexibility index (Phi) is 5.04. The lowest BCUT2D eigenvalue weighted by Gasteiger charge is -2.12. The minimum absolute atomic E-state index is 0.0231. The molecule has 0 aliphatic carbocycles. The predicted molar refractivity (Wildman–Crippen MR) is 77.3 cm³/mol. The van der Waals surface area contributed by atoms with Gasteiger partial charge < -0.3 is 15.7 Å². The number of aromatic nitrogens is 2. The van der Waals surface area contributed by atoms with Crippen molar-refractivity contribution in [1.29, 1.82) is 0 Å². The van der Waals surface area contributed by atoms with E-state index in [1.807, 2.05) is 0 Å². The van der Waals surface area contributed by atoms with Gasteiger partial charge in [-0.2, -0.15) is 18.2 Å². The van der Waals surface area contributed by atoms with Crippen LogP contribution in [0.15, 0.2) is 30.3 Å². The second kappa shape index (κ2) is 6.80. The number of benzene rings is 1. The topological polar surface area (TPSA) is 70.1 Å². The number of hydrogen-bond donors (Lipinski definition) is 3. The first kappa shape index (κ1) is 16.3. The zero-order valence-corrected chi connectivity index (χ0v) is 11.9. The number of rotatable bonds is 5. The summed E-state index contributed by atoms with van der Waals surface area (Å²) in [5.41, 5.74) is -0.552. The number of aliphatic hydroxyl groups is 1. The van der Waals surface area contributed by atoms with Crippen molar-refractivity contribution >= 4 is 29.1 Å². The van der Waals surface area contributed by atoms with Crippen LogP contribution in [0.25, 0.3) is 0 Å². The quantitative estimate of drug-likeness (QED) is 0.783. The molecule has 9 heteroatoms. The molecule has 22 heavy (non-hydrogen) atoms. The monoisotopic (exact) mass is 332 g/mol. The lowest BCUT2D eigenvalue weighted by Crippen LogP contribution is -2.15. The van der Waals surface area contributed by atoms with Gasteiger partial charge in [0, 0.05) is 23.3 Å². The van der Waals surface area contributed by atoms with E-state index in [9.17, 15) is 13.2 Å². The molecular formula is C13H12ClF3N4O. The first-order chi connectivity index (χ1) is 10.4. The molecule has 1 aromatic heterocycles. The number of nitrogens with one attached hydrogen (secondary N) is 2. The van der Waals surface area contributed by atoms with Crippen molar-refractivity contribution in [3.05, 3.63) is 41.0 Å². The molecule has 0 saturated heterocycles. The second-order valence-electron chi connectivity index (χ2n) is 4.24. The minimum atomic E-state index is -4.60. The molecule has 1 heterocycles. The van der Waals surface area contributed by atoms with Crippen LogP contribution in [0.5, 0.6) is 0 Å². The average molecular weight is 333 g/mol. The van der Waals surface area contributed by atoms with E-state index in [0.29, 0.717) is 10.7 Å². The predicted octanol–water partition coefficient (Wildman–Crippen LogP) is 3.30. The molecule has 1 aromatic carbocycles. The Hall–Kier alpha value is -2.06. The van der Waals surface area contributed by atoms with Crippen LogP contribution in [0.3, 0.4) is 0 Å². The summed E-state index contributed by atoms with van der Waals surface area (Å²) in [5.74, 6) is -0.245. The highest BCUT2D eigenvalue weighted by molar-refractivity contribution is 6.30. The van der Waals surface area contributed by atoms with Crippen molar-refractivity contribution < 1.29 is 18.3 Å². The first-order valence-electron chi connectivity index (χ1n) is 6.22. The highest BCUT2D eigenvalue weighted by Gasteiger charge is 2.33. The van der Waals surface area contributed by atoms with Crippen LogP contribution in [-0.4, -0.2) is 28.2 Å². The van der Waals surface area contributed by atoms with Crippen LogP contribution in [0.1, 0.15) is 5.69 Å². The summed E-state index contributed by atoms with van der Waals surface area (Å²) in [4.78, 5) is 7.30. The number of hydrogen-bond acceptors (Lipinski definition) is 5. The van der Waals surface area contributed by atoms with Gasteiger partial charge in [0.2, 0.25) is 5.95 Å². The molecule has 118 valence electrons. The van der Waals surface area contributed by atoms with Crippen LogP contribution in [-0.2, 0) is 6.18 Å². The number of alkyl halides is 3. The molecular weight excluding hydrogens is 321 g/mol. The van der Waals surface area contributed by atoms with Crippen molar-refractivity contribution in [2.45, 2.75) is 6.18 Å². The molecule has 0 atom stereocenters. The van der Waals surface area contributed by atoms with E-state index in [0.717, 1.165) is 6.07 Å². The SMILES string of the molecule is OCCNc1nc(Nc2ccc(Cl)cc2)cc(C(F)(F)F)n1. The fourth-order valence-corrected chi connectivity index (χ4v) is 1.71. The summed E-state index contributed by atoms with van der Waals surface area (Å²) < 4.78 is 38.5. The van der Waals surface area contributed by atoms with Gasteiger partial charge in [-0.3, -0.25) is 0 Å². The summed E-state index contributed by atoms with van der Waals surface area (Å²) in [5, 5.41) is 14.5. The maximum atomic E-state index is 12.8. The van der Waals surface area contributed by atoms with E-state index < -0.39 is 11.9 Å². The van der Waals surface area contributed by atoms with E-state index in [4.69, 9.17) is 16.7 Å². The molecule has 0 spiro atoms. The van der Waals surface area contributed by atoms with E-state index in [-0.39, 0.29) is 24.9 Å². The Bertz CT molecular complexity index is 634. The van der Waals surface area contributed by atoms with Gasteiger partial charge in [0.15, 0.2) is 5.69 Å². The van der Waals surface area contributed by atoms with E-state index in [1.165, 1.54) is 0 Å². The lowest BCUT2D eigenvalue weighted by atomic mass is 10.3. The molecule has 2 rings (SSSR count). The zero-order valence-electron chi connectivity index (χ0n) is 11.2. The van der Waals surface area contributed by atoms with Gasteiger partial charge in [0.25, 0.3) is 0 Å². The fraction of sp³-hybridized carbons (Fsp3) is 0.231. The molecule has 0 saturated carbocycles. The summed E-state index contributed by atoms with van der Waals surface area (Å²) in [6.07, 6.45) is -4.60. The Morgan fingerprint density at radius 1 is 1.14 bits per heavy atom. The van der Waals surface area contributed by atoms with E-state index >= 15 is 0 Å². The number of nitrogens with zero attached hydrogens (tertiary/aromatic N) is 2. The van der Waals surface area contributed by atoms with Gasteiger partial charge in [-0.15, -0.1) is 0 Å². The van der Waals surface area contributed by atoms with E-state index in [1.54, 1.807) is 24.3 Å². The Morgan fingerprint density at radius 2 is 1.82 bits per heavy atom. The van der Waals surface area contributed by atoms with Gasteiger partial charge in [-0.05, 0) is 24.3 Å². The Balaban J connectivity index is 2.30. The van der Waals surface area contributed by atoms with Crippen molar-refractivity contribution in [3.8, 4) is 0 Å². The van der Waals surface area contributed by atoms with Gasteiger partial charge >= 0.3 is 6.18 Å². The van der Waals surface area contributed by atoms with Crippen molar-refractivity contribution in [2.75, 3.05) is 23.8 Å². The summed E-state index contributed by atoms with van der Waals surface area (Å²) in [6, 6.07) is 7.22. The molecule has 5 nitrogen and oxygen atoms in total. The number of anilines is 3. The summed E-state index contributed by atoms with van der Waals surface area (Å²) >= 11 is 5.75. The van der Waals surface area contributed by atoms with Crippen molar-refractivity contribution in [2.24, 2.45) is 0 Å². The Morgan fingerprint density at radius 3 is 2.41 bits per heavy atom. The number of halogens is 4. The van der Waals surface area contributed by atoms with Crippen LogP contribution >= 0.6 is 11.6 Å². The van der Waals surface area contributed by atoms with Crippen molar-refractivity contribution in [1.82, 2.24) is 9.97 Å². The molecule has 0 radical (unpaired) electrons. The normalized spacial score (nSPS) is 11.3. The Labute approximate surface area is 129 Å². The van der Waals surface area contributed by atoms with Crippen LogP contribution in [0.2, 0.25) is 5.02 Å². The highest BCUT2D eigenvalue weighted by Crippen LogP contribution is 2.30. The molecule has 3 N–H and O–H groups in total. The van der Waals surface area contributed by atoms with Gasteiger partial charge in [0.05, 0.1) is 6.61 Å². The lowest BCUT2D eigenvalue weighted by molar-refractivity contribution is -0.141. The highest BCUT2D eigenvalue weighted by atomic mass is 35.5. The van der Waals surface area contributed by atoms with Crippen molar-refractivity contribution in [3.63, 3.8) is 0 Å². The molecule has 0 aliphatic heterocycles. The van der Waals surface area contributed by atoms with Gasteiger partial charge in [-0.25, -0.2) is 4.98 Å². The maximum absolute atomic E-state index is 12.8. The fourth-order valence-electron chi connectivity index (χ4n) is 1.58. The number of aliphatic hydroxyl groups excluding tert-OH is 1. The zero-order chi connectivity index (χ0) is 16.2. The third-order valence-electron chi connectivity index (χ3n) is 2.53. The maximum Gasteiger partial charge on any atom is 0.433 e. The third-order valence-corrected chi connectivity index (χ3v) is 2.78.